The minimum atomic E-state index is -1.26. The second-order valence-corrected chi connectivity index (χ2v) is 9.64. The zero-order chi connectivity index (χ0) is 24.9. The van der Waals surface area contributed by atoms with Crippen LogP contribution in [0.25, 0.3) is 16.5 Å². The second-order valence-electron chi connectivity index (χ2n) is 9.64. The van der Waals surface area contributed by atoms with Crippen molar-refractivity contribution in [1.29, 1.82) is 0 Å². The first-order chi connectivity index (χ1) is 16.8. The summed E-state index contributed by atoms with van der Waals surface area (Å²) in [4.78, 5) is 37.9. The van der Waals surface area contributed by atoms with Crippen LogP contribution in [0, 0.1) is 5.92 Å². The van der Waals surface area contributed by atoms with Gasteiger partial charge in [0, 0.05) is 47.9 Å². The van der Waals surface area contributed by atoms with E-state index in [1.54, 1.807) is 0 Å². The van der Waals surface area contributed by atoms with Crippen molar-refractivity contribution in [2.45, 2.75) is 57.0 Å². The molecule has 1 aromatic heterocycles. The highest BCUT2D eigenvalue weighted by Gasteiger charge is 2.36. The molecular weight excluding hydrogens is 446 g/mol. The fourth-order valence-electron chi connectivity index (χ4n) is 5.49. The molecule has 4 N–H and O–H groups in total. The molecule has 8 nitrogen and oxygen atoms in total. The molecule has 0 radical (unpaired) electrons. The first kappa shape index (κ1) is 24.7. The number of nitrogens with one attached hydrogen (secondary N) is 2. The Hall–Kier alpha value is -3.39. The number of hydrogen-bond donors (Lipinski definition) is 4. The first-order valence-electron chi connectivity index (χ1n) is 12.3. The summed E-state index contributed by atoms with van der Waals surface area (Å²) in [7, 11) is 2.17. The van der Waals surface area contributed by atoms with E-state index < -0.39 is 11.9 Å². The number of H-pyrrole nitrogens is 1. The summed E-state index contributed by atoms with van der Waals surface area (Å²) in [6.07, 6.45) is 14.0. The Kier molecular flexibility index (Phi) is 7.70. The molecule has 1 aliphatic heterocycles. The third-order valence-electron chi connectivity index (χ3n) is 7.18. The fourth-order valence-corrected chi connectivity index (χ4v) is 5.49. The molecule has 35 heavy (non-hydrogen) atoms. The number of aromatic nitrogens is 1. The van der Waals surface area contributed by atoms with Crippen molar-refractivity contribution in [3.8, 4) is 0 Å². The number of aromatic amines is 1. The van der Waals surface area contributed by atoms with Gasteiger partial charge in [0.15, 0.2) is 0 Å². The largest absolute Gasteiger partial charge is 0.478 e. The lowest BCUT2D eigenvalue weighted by Gasteiger charge is -2.39. The molecule has 8 heteroatoms. The van der Waals surface area contributed by atoms with E-state index >= 15 is 0 Å². The summed E-state index contributed by atoms with van der Waals surface area (Å²) in [6.45, 7) is 0.808. The number of benzene rings is 1. The van der Waals surface area contributed by atoms with E-state index in [1.807, 2.05) is 0 Å². The number of amides is 1. The van der Waals surface area contributed by atoms with E-state index in [0.29, 0.717) is 24.2 Å². The molecule has 186 valence electrons. The molecule has 0 bridgehead atoms. The van der Waals surface area contributed by atoms with Crippen molar-refractivity contribution < 1.29 is 24.6 Å². The number of carbonyl (C=O) groups excluding carboxylic acids is 1. The van der Waals surface area contributed by atoms with Crippen LogP contribution in [0.2, 0.25) is 0 Å². The molecule has 3 aliphatic rings. The van der Waals surface area contributed by atoms with Gasteiger partial charge in [0.05, 0.1) is 5.92 Å². The number of hydrogen-bond acceptors (Lipinski definition) is 4. The Labute approximate surface area is 204 Å². The van der Waals surface area contributed by atoms with Crippen molar-refractivity contribution in [3.63, 3.8) is 0 Å². The molecule has 0 saturated heterocycles. The minimum Gasteiger partial charge on any atom is -0.478 e. The molecule has 5 rings (SSSR count). The van der Waals surface area contributed by atoms with Gasteiger partial charge in [0.25, 0.3) is 0 Å². The predicted molar refractivity (Wildman–Crippen MR) is 134 cm³/mol. The van der Waals surface area contributed by atoms with Crippen molar-refractivity contribution in [2.24, 2.45) is 5.92 Å². The lowest BCUT2D eigenvalue weighted by atomic mass is 9.79. The van der Waals surface area contributed by atoms with Crippen molar-refractivity contribution in [2.75, 3.05) is 13.6 Å². The molecule has 2 aromatic rings. The van der Waals surface area contributed by atoms with Gasteiger partial charge in [0.1, 0.15) is 0 Å². The summed E-state index contributed by atoms with van der Waals surface area (Å²) in [6, 6.07) is 7.23. The minimum absolute atomic E-state index is 0.0553. The topological polar surface area (TPSA) is 123 Å². The van der Waals surface area contributed by atoms with Gasteiger partial charge in [-0.15, -0.1) is 0 Å². The number of carbonyl (C=O) groups is 3. The van der Waals surface area contributed by atoms with E-state index in [4.69, 9.17) is 10.2 Å². The van der Waals surface area contributed by atoms with E-state index in [-0.39, 0.29) is 11.8 Å². The molecule has 1 saturated carbocycles. The lowest BCUT2D eigenvalue weighted by molar-refractivity contribution is -0.134. The molecule has 0 unspecified atom stereocenters. The quantitative estimate of drug-likeness (QED) is 0.393. The average Bonchev–Trinajstić information content (AvgIpc) is 3.07. The highest BCUT2D eigenvalue weighted by atomic mass is 16.4. The van der Waals surface area contributed by atoms with E-state index in [0.717, 1.165) is 25.8 Å². The van der Waals surface area contributed by atoms with Crippen LogP contribution < -0.4 is 5.32 Å². The van der Waals surface area contributed by atoms with Crippen LogP contribution in [0.4, 0.5) is 0 Å². The molecule has 1 fully saturated rings. The number of carboxylic acids is 2. The van der Waals surface area contributed by atoms with Crippen LogP contribution in [-0.2, 0) is 20.8 Å². The maximum Gasteiger partial charge on any atom is 0.328 e. The average molecular weight is 480 g/mol. The van der Waals surface area contributed by atoms with Gasteiger partial charge in [-0.3, -0.25) is 9.69 Å². The molecule has 1 amide bonds. The van der Waals surface area contributed by atoms with Crippen LogP contribution in [0.1, 0.15) is 49.7 Å². The number of fused-ring (bicyclic) bond motifs is 2. The molecule has 1 aromatic carbocycles. The highest BCUT2D eigenvalue weighted by molar-refractivity contribution is 5.99. The lowest BCUT2D eigenvalue weighted by Crippen LogP contribution is -2.48. The van der Waals surface area contributed by atoms with Crippen molar-refractivity contribution >= 4 is 34.3 Å². The zero-order valence-electron chi connectivity index (χ0n) is 20.0. The fraction of sp³-hybridized carbons (Fsp3) is 0.444. The molecular formula is C27H33N3O5. The van der Waals surface area contributed by atoms with Crippen LogP contribution >= 0.6 is 0 Å². The predicted octanol–water partition coefficient (Wildman–Crippen LogP) is 3.59. The van der Waals surface area contributed by atoms with E-state index in [9.17, 15) is 14.4 Å². The van der Waals surface area contributed by atoms with Gasteiger partial charge >= 0.3 is 11.9 Å². The van der Waals surface area contributed by atoms with Gasteiger partial charge in [-0.1, -0.05) is 43.9 Å². The van der Waals surface area contributed by atoms with Crippen molar-refractivity contribution in [1.82, 2.24) is 15.2 Å². The third kappa shape index (κ3) is 5.82. The normalized spacial score (nSPS) is 22.5. The Morgan fingerprint density at radius 2 is 1.74 bits per heavy atom. The van der Waals surface area contributed by atoms with Crippen LogP contribution in [-0.4, -0.2) is 63.6 Å². The van der Waals surface area contributed by atoms with Crippen LogP contribution in [0.15, 0.2) is 42.6 Å². The zero-order valence-corrected chi connectivity index (χ0v) is 20.0. The van der Waals surface area contributed by atoms with Gasteiger partial charge < -0.3 is 20.5 Å². The molecule has 2 atom stereocenters. The van der Waals surface area contributed by atoms with Gasteiger partial charge in [-0.25, -0.2) is 9.59 Å². The SMILES string of the molecule is CN1C[C@H](C(=O)NC2CCCCCC2)C=C2c3cccc4[nH]cc(c34)C[C@H]21.O=C(O)C=CC(=O)O. The third-order valence-corrected chi connectivity index (χ3v) is 7.18. The maximum atomic E-state index is 13.0. The Morgan fingerprint density at radius 3 is 2.40 bits per heavy atom. The summed E-state index contributed by atoms with van der Waals surface area (Å²) in [5, 5.41) is 20.3. The number of likely N-dealkylation sites (N-methyl/N-ethyl adjacent to an activating group) is 1. The smallest absolute Gasteiger partial charge is 0.328 e. The summed E-state index contributed by atoms with van der Waals surface area (Å²) in [5.41, 5.74) is 5.24. The molecule has 2 heterocycles. The number of rotatable bonds is 4. The standard InChI is InChI=1S/C23H29N3O.C4H4O4/c1-26-14-16(23(27)25-17-7-4-2-3-5-8-17)11-19-18-9-6-10-20-22(18)15(13-24-20)12-21(19)26;5-3(6)1-2-4(7)8/h6,9-11,13,16-17,21,24H,2-5,7-8,12,14H2,1H3,(H,25,27);1-2H,(H,5,6)(H,7,8)/t16-,21-;/m1./s1. The number of nitrogens with zero attached hydrogens (tertiary/aromatic N) is 1. The maximum absolute atomic E-state index is 13.0. The van der Waals surface area contributed by atoms with E-state index in [2.05, 4.69) is 52.7 Å². The summed E-state index contributed by atoms with van der Waals surface area (Å²) in [5.74, 6) is -2.35. The van der Waals surface area contributed by atoms with Crippen LogP contribution in [0.3, 0.4) is 0 Å². The highest BCUT2D eigenvalue weighted by Crippen LogP contribution is 2.40. The Balaban J connectivity index is 0.000000314. The number of carboxylic acid groups (broad SMARTS) is 2. The van der Waals surface area contributed by atoms with Gasteiger partial charge in [-0.2, -0.15) is 0 Å². The van der Waals surface area contributed by atoms with Crippen molar-refractivity contribution in [3.05, 3.63) is 53.8 Å². The first-order valence-corrected chi connectivity index (χ1v) is 12.3. The van der Waals surface area contributed by atoms with Gasteiger partial charge in [-0.05, 0) is 49.1 Å². The monoisotopic (exact) mass is 479 g/mol. The Bertz CT molecular complexity index is 1140. The molecule has 0 spiro atoms. The number of aliphatic carboxylic acids is 2. The second kappa shape index (κ2) is 10.9. The van der Waals surface area contributed by atoms with Gasteiger partial charge in [0.2, 0.25) is 5.91 Å². The summed E-state index contributed by atoms with van der Waals surface area (Å²) < 4.78 is 0. The molecule has 2 aliphatic carbocycles. The van der Waals surface area contributed by atoms with Crippen LogP contribution in [0.5, 0.6) is 0 Å². The Morgan fingerprint density at radius 1 is 1.06 bits per heavy atom. The van der Waals surface area contributed by atoms with E-state index in [1.165, 1.54) is 53.3 Å². The summed E-state index contributed by atoms with van der Waals surface area (Å²) >= 11 is 0.